The van der Waals surface area contributed by atoms with Gasteiger partial charge in [-0.3, -0.25) is 0 Å². The Balaban J connectivity index is 3.06. The summed E-state index contributed by atoms with van der Waals surface area (Å²) >= 11 is 0. The Hall–Kier alpha value is -0.120. The standard InChI is InChI=1S/C40H85N3/c1-2-3-4-5-6-7-8-9-10-11-12-13-14-15-16-17-18-19-20-21-22-23-24-25-26-27-28-29-30-31-32-33-34-35-36-40(42)39-43-38-37-41/h40,43H,2-39,41-42H2,1H3. The summed E-state index contributed by atoms with van der Waals surface area (Å²) in [4.78, 5) is 0. The summed E-state index contributed by atoms with van der Waals surface area (Å²) in [6.07, 6.45) is 50.8. The van der Waals surface area contributed by atoms with Gasteiger partial charge in [0.25, 0.3) is 0 Å². The molecule has 0 aliphatic rings. The molecule has 0 radical (unpaired) electrons. The van der Waals surface area contributed by atoms with Crippen molar-refractivity contribution in [1.29, 1.82) is 0 Å². The Morgan fingerprint density at radius 1 is 0.372 bits per heavy atom. The third-order valence-corrected chi connectivity index (χ3v) is 9.66. The maximum Gasteiger partial charge on any atom is 0.0165 e. The van der Waals surface area contributed by atoms with Gasteiger partial charge in [-0.2, -0.15) is 0 Å². The second-order valence-electron chi connectivity index (χ2n) is 14.2. The van der Waals surface area contributed by atoms with Crippen molar-refractivity contribution in [1.82, 2.24) is 5.32 Å². The Morgan fingerprint density at radius 3 is 0.837 bits per heavy atom. The molecule has 0 saturated heterocycles. The minimum absolute atomic E-state index is 0.301. The second-order valence-corrected chi connectivity index (χ2v) is 14.2. The fourth-order valence-electron chi connectivity index (χ4n) is 6.63. The molecular formula is C40H85N3. The van der Waals surface area contributed by atoms with E-state index in [1.165, 1.54) is 218 Å². The minimum atomic E-state index is 0.301. The zero-order chi connectivity index (χ0) is 31.2. The maximum absolute atomic E-state index is 6.13. The molecule has 0 saturated carbocycles. The van der Waals surface area contributed by atoms with E-state index in [2.05, 4.69) is 12.2 Å². The molecule has 1 unspecified atom stereocenters. The van der Waals surface area contributed by atoms with E-state index in [4.69, 9.17) is 11.5 Å². The lowest BCUT2D eigenvalue weighted by Crippen LogP contribution is -2.36. The molecule has 0 aromatic carbocycles. The summed E-state index contributed by atoms with van der Waals surface area (Å²) in [6, 6.07) is 0.301. The quantitative estimate of drug-likeness (QED) is 0.0609. The molecule has 0 aliphatic carbocycles. The van der Waals surface area contributed by atoms with Gasteiger partial charge in [-0.1, -0.05) is 225 Å². The van der Waals surface area contributed by atoms with E-state index in [0.717, 1.165) is 19.5 Å². The molecule has 260 valence electrons. The van der Waals surface area contributed by atoms with Gasteiger partial charge >= 0.3 is 0 Å². The van der Waals surface area contributed by atoms with Gasteiger partial charge in [0.05, 0.1) is 0 Å². The van der Waals surface area contributed by atoms with Crippen molar-refractivity contribution in [2.24, 2.45) is 11.5 Å². The van der Waals surface area contributed by atoms with Gasteiger partial charge in [0.1, 0.15) is 0 Å². The van der Waals surface area contributed by atoms with Crippen LogP contribution in [0.5, 0.6) is 0 Å². The molecule has 0 aromatic heterocycles. The fraction of sp³-hybridized carbons (Fsp3) is 1.00. The van der Waals surface area contributed by atoms with E-state index >= 15 is 0 Å². The topological polar surface area (TPSA) is 64.1 Å². The first-order valence-corrected chi connectivity index (χ1v) is 20.5. The van der Waals surface area contributed by atoms with Crippen molar-refractivity contribution in [3.63, 3.8) is 0 Å². The number of nitrogens with one attached hydrogen (secondary N) is 1. The SMILES string of the molecule is CCCCCCCCCCCCCCCCCCCCCCCCCCCCCCCCCCCCC(N)CNCCN. The number of hydrogen-bond donors (Lipinski definition) is 3. The Kier molecular flexibility index (Phi) is 39.8. The van der Waals surface area contributed by atoms with E-state index in [-0.39, 0.29) is 0 Å². The van der Waals surface area contributed by atoms with Crippen molar-refractivity contribution < 1.29 is 0 Å². The fourth-order valence-corrected chi connectivity index (χ4v) is 6.63. The summed E-state index contributed by atoms with van der Waals surface area (Å²) < 4.78 is 0. The van der Waals surface area contributed by atoms with Crippen LogP contribution >= 0.6 is 0 Å². The van der Waals surface area contributed by atoms with Crippen LogP contribution in [0.25, 0.3) is 0 Å². The summed E-state index contributed by atoms with van der Waals surface area (Å²) in [5, 5.41) is 3.31. The average Bonchev–Trinajstić information content (AvgIpc) is 3.01. The molecule has 3 nitrogen and oxygen atoms in total. The average molecular weight is 608 g/mol. The van der Waals surface area contributed by atoms with Crippen LogP contribution in [0.15, 0.2) is 0 Å². The molecule has 1 atom stereocenters. The van der Waals surface area contributed by atoms with Crippen LogP contribution in [0.3, 0.4) is 0 Å². The van der Waals surface area contributed by atoms with Crippen molar-refractivity contribution in [2.75, 3.05) is 19.6 Å². The number of rotatable bonds is 39. The molecule has 5 N–H and O–H groups in total. The van der Waals surface area contributed by atoms with Crippen LogP contribution in [0.4, 0.5) is 0 Å². The largest absolute Gasteiger partial charge is 0.329 e. The first-order chi connectivity index (χ1) is 21.3. The molecule has 3 heteroatoms. The zero-order valence-corrected chi connectivity index (χ0v) is 30.1. The lowest BCUT2D eigenvalue weighted by Gasteiger charge is -2.12. The highest BCUT2D eigenvalue weighted by atomic mass is 14.9. The molecular weight excluding hydrogens is 522 g/mol. The maximum atomic E-state index is 6.13. The van der Waals surface area contributed by atoms with Crippen molar-refractivity contribution in [3.8, 4) is 0 Å². The van der Waals surface area contributed by atoms with Crippen LogP contribution in [0.1, 0.15) is 232 Å². The third kappa shape index (κ3) is 39.9. The third-order valence-electron chi connectivity index (χ3n) is 9.66. The van der Waals surface area contributed by atoms with Crippen molar-refractivity contribution >= 4 is 0 Å². The summed E-state index contributed by atoms with van der Waals surface area (Å²) in [6.45, 7) is 4.80. The van der Waals surface area contributed by atoms with E-state index in [1.807, 2.05) is 0 Å². The Morgan fingerprint density at radius 2 is 0.605 bits per heavy atom. The smallest absolute Gasteiger partial charge is 0.0165 e. The lowest BCUT2D eigenvalue weighted by molar-refractivity contribution is 0.497. The van der Waals surface area contributed by atoms with Crippen molar-refractivity contribution in [3.05, 3.63) is 0 Å². The highest BCUT2D eigenvalue weighted by Gasteiger charge is 2.01. The highest BCUT2D eigenvalue weighted by Crippen LogP contribution is 2.17. The molecule has 0 amide bonds. The van der Waals surface area contributed by atoms with E-state index in [1.54, 1.807) is 0 Å². The predicted molar refractivity (Wildman–Crippen MR) is 197 cm³/mol. The molecule has 0 heterocycles. The van der Waals surface area contributed by atoms with Crippen LogP contribution in [0, 0.1) is 0 Å². The lowest BCUT2D eigenvalue weighted by atomic mass is 10.0. The monoisotopic (exact) mass is 608 g/mol. The van der Waals surface area contributed by atoms with Crippen LogP contribution in [-0.4, -0.2) is 25.7 Å². The van der Waals surface area contributed by atoms with Crippen LogP contribution in [-0.2, 0) is 0 Å². The molecule has 0 bridgehead atoms. The number of nitrogens with two attached hydrogens (primary N) is 2. The Labute approximate surface area is 273 Å². The molecule has 0 aromatic rings. The number of unbranched alkanes of at least 4 members (excludes halogenated alkanes) is 33. The Bertz CT molecular complexity index is 469. The second kappa shape index (κ2) is 39.9. The van der Waals surface area contributed by atoms with Gasteiger partial charge in [0.2, 0.25) is 0 Å². The van der Waals surface area contributed by atoms with E-state index < -0.39 is 0 Å². The predicted octanol–water partition coefficient (Wildman–Crippen LogP) is 12.5. The van der Waals surface area contributed by atoms with Gasteiger partial charge in [-0.15, -0.1) is 0 Å². The van der Waals surface area contributed by atoms with Gasteiger partial charge in [-0.25, -0.2) is 0 Å². The molecule has 0 spiro atoms. The summed E-state index contributed by atoms with van der Waals surface area (Å²) in [7, 11) is 0. The molecule has 0 fully saturated rings. The highest BCUT2D eigenvalue weighted by molar-refractivity contribution is 4.65. The van der Waals surface area contributed by atoms with Gasteiger partial charge in [0, 0.05) is 25.7 Å². The van der Waals surface area contributed by atoms with E-state index in [9.17, 15) is 0 Å². The number of hydrogen-bond acceptors (Lipinski definition) is 3. The van der Waals surface area contributed by atoms with E-state index in [0.29, 0.717) is 12.6 Å². The molecule has 0 rings (SSSR count). The first-order valence-electron chi connectivity index (χ1n) is 20.5. The molecule has 43 heavy (non-hydrogen) atoms. The molecule has 0 aliphatic heterocycles. The first kappa shape index (κ1) is 42.9. The van der Waals surface area contributed by atoms with Gasteiger partial charge in [0.15, 0.2) is 0 Å². The summed E-state index contributed by atoms with van der Waals surface area (Å²) in [5.74, 6) is 0. The van der Waals surface area contributed by atoms with Crippen molar-refractivity contribution in [2.45, 2.75) is 238 Å². The summed E-state index contributed by atoms with van der Waals surface area (Å²) in [5.41, 5.74) is 11.6. The van der Waals surface area contributed by atoms with Crippen LogP contribution in [0.2, 0.25) is 0 Å². The van der Waals surface area contributed by atoms with Crippen LogP contribution < -0.4 is 16.8 Å². The zero-order valence-electron chi connectivity index (χ0n) is 30.1. The minimum Gasteiger partial charge on any atom is -0.329 e. The van der Waals surface area contributed by atoms with Gasteiger partial charge < -0.3 is 16.8 Å². The van der Waals surface area contributed by atoms with Gasteiger partial charge in [-0.05, 0) is 6.42 Å². The normalized spacial score (nSPS) is 12.3.